The Balaban J connectivity index is 1.57. The summed E-state index contributed by atoms with van der Waals surface area (Å²) in [6.45, 7) is 6.72. The van der Waals surface area contributed by atoms with Gasteiger partial charge in [-0.05, 0) is 65.9 Å². The molecule has 0 saturated carbocycles. The summed E-state index contributed by atoms with van der Waals surface area (Å²) in [7, 11) is 4.53. The van der Waals surface area contributed by atoms with Crippen molar-refractivity contribution in [2.75, 3.05) is 60.7 Å². The molecule has 3 aromatic rings. The lowest BCUT2D eigenvalue weighted by molar-refractivity contribution is -0.127. The maximum absolute atomic E-state index is 13.7. The molecule has 2 amide bonds. The second-order valence-electron chi connectivity index (χ2n) is 10.5. The summed E-state index contributed by atoms with van der Waals surface area (Å²) in [4.78, 5) is 30.6. The number of hydrogen-bond acceptors (Lipinski definition) is 7. The van der Waals surface area contributed by atoms with Crippen molar-refractivity contribution in [2.24, 2.45) is 0 Å². The zero-order valence-corrected chi connectivity index (χ0v) is 27.3. The number of rotatable bonds is 13. The Morgan fingerprint density at radius 2 is 1.29 bits per heavy atom. The van der Waals surface area contributed by atoms with Gasteiger partial charge < -0.3 is 33.5 Å². The number of methoxy groups -OCH3 is 3. The predicted octanol–water partition coefficient (Wildman–Crippen LogP) is 6.36. The minimum absolute atomic E-state index is 0.160. The van der Waals surface area contributed by atoms with Crippen LogP contribution in [0.2, 0.25) is 5.02 Å². The topological polar surface area (TPSA) is 86.8 Å². The number of nitrogens with zero attached hydrogens (tertiary/aromatic N) is 2. The van der Waals surface area contributed by atoms with Gasteiger partial charge in [0.25, 0.3) is 5.91 Å². The van der Waals surface area contributed by atoms with Gasteiger partial charge >= 0.3 is 0 Å². The summed E-state index contributed by atoms with van der Waals surface area (Å²) in [5.41, 5.74) is 2.73. The number of benzene rings is 3. The molecule has 0 N–H and O–H groups in total. The van der Waals surface area contributed by atoms with E-state index in [0.717, 1.165) is 24.0 Å². The van der Waals surface area contributed by atoms with Crippen LogP contribution in [0.1, 0.15) is 48.2 Å². The van der Waals surface area contributed by atoms with Crippen LogP contribution in [0.3, 0.4) is 0 Å². The summed E-state index contributed by atoms with van der Waals surface area (Å²) in [6.07, 6.45) is 3.35. The molecule has 0 aliphatic carbocycles. The highest BCUT2D eigenvalue weighted by Gasteiger charge is 2.27. The van der Waals surface area contributed by atoms with Gasteiger partial charge in [-0.2, -0.15) is 0 Å². The minimum Gasteiger partial charge on any atom is -0.493 e. The molecule has 1 heterocycles. The highest BCUT2D eigenvalue weighted by atomic mass is 35.5. The van der Waals surface area contributed by atoms with E-state index in [4.69, 9.17) is 35.3 Å². The Hall–Kier alpha value is -4.37. The van der Waals surface area contributed by atoms with Crippen LogP contribution in [-0.4, -0.2) is 82.3 Å². The Morgan fingerprint density at radius 3 is 1.87 bits per heavy atom. The average Bonchev–Trinajstić information content (AvgIpc) is 3.07. The third-order valence-electron chi connectivity index (χ3n) is 7.37. The van der Waals surface area contributed by atoms with Crippen molar-refractivity contribution in [1.29, 1.82) is 0 Å². The fourth-order valence-electron chi connectivity index (χ4n) is 5.05. The van der Waals surface area contributed by atoms with E-state index in [0.29, 0.717) is 84.3 Å². The zero-order valence-electron chi connectivity index (χ0n) is 26.6. The quantitative estimate of drug-likeness (QED) is 0.202. The molecular formula is C35H41ClN2O7. The van der Waals surface area contributed by atoms with Gasteiger partial charge in [-0.1, -0.05) is 43.6 Å². The lowest BCUT2D eigenvalue weighted by Crippen LogP contribution is -2.50. The Kier molecular flexibility index (Phi) is 12.0. The van der Waals surface area contributed by atoms with Crippen LogP contribution in [-0.2, 0) is 4.79 Å². The van der Waals surface area contributed by atoms with Crippen LogP contribution in [0.25, 0.3) is 5.57 Å². The van der Waals surface area contributed by atoms with Crippen LogP contribution < -0.4 is 23.7 Å². The van der Waals surface area contributed by atoms with E-state index >= 15 is 0 Å². The number of halogens is 1. The molecule has 4 rings (SSSR count). The molecule has 1 saturated heterocycles. The average molecular weight is 637 g/mol. The summed E-state index contributed by atoms with van der Waals surface area (Å²) in [5, 5.41) is 0.565. The van der Waals surface area contributed by atoms with E-state index in [9.17, 15) is 9.59 Å². The molecule has 1 fully saturated rings. The Morgan fingerprint density at radius 1 is 0.711 bits per heavy atom. The number of carbonyl (C=O) groups is 2. The molecule has 0 bridgehead atoms. The molecule has 3 aromatic carbocycles. The highest BCUT2D eigenvalue weighted by molar-refractivity contribution is 6.30. The number of piperazine rings is 1. The molecule has 0 atom stereocenters. The Labute approximate surface area is 270 Å². The summed E-state index contributed by atoms with van der Waals surface area (Å²) in [5.74, 6) is 2.18. The van der Waals surface area contributed by atoms with Crippen molar-refractivity contribution in [3.63, 3.8) is 0 Å². The normalized spacial score (nSPS) is 13.3. The predicted molar refractivity (Wildman–Crippen MR) is 175 cm³/mol. The van der Waals surface area contributed by atoms with E-state index in [2.05, 4.69) is 6.92 Å². The van der Waals surface area contributed by atoms with Crippen molar-refractivity contribution in [2.45, 2.75) is 26.7 Å². The first-order chi connectivity index (χ1) is 21.8. The van der Waals surface area contributed by atoms with Crippen LogP contribution in [0.15, 0.2) is 60.7 Å². The molecule has 45 heavy (non-hydrogen) atoms. The number of ether oxygens (including phenoxy) is 5. The lowest BCUT2D eigenvalue weighted by atomic mass is 9.96. The van der Waals surface area contributed by atoms with Gasteiger partial charge in [-0.15, -0.1) is 0 Å². The molecule has 0 aromatic heterocycles. The monoisotopic (exact) mass is 636 g/mol. The summed E-state index contributed by atoms with van der Waals surface area (Å²) < 4.78 is 28.2. The van der Waals surface area contributed by atoms with Crippen molar-refractivity contribution in [3.8, 4) is 28.7 Å². The van der Waals surface area contributed by atoms with Gasteiger partial charge in [0.15, 0.2) is 23.0 Å². The van der Waals surface area contributed by atoms with E-state index < -0.39 is 0 Å². The molecule has 10 heteroatoms. The maximum Gasteiger partial charge on any atom is 0.254 e. The number of carbonyl (C=O) groups excluding carboxylic acids is 2. The van der Waals surface area contributed by atoms with Crippen LogP contribution in [0.4, 0.5) is 0 Å². The standard InChI is InChI=1S/C35H41ClN2O7/c1-6-17-44-29-12-11-25(20-30(29)45-18-7-2)28(24-9-8-10-27(36)19-24)23-33(39)37-13-15-38(16-14-37)35(40)26-21-31(41-3)34(43-5)32(22-26)42-4/h8-12,19-23H,6-7,13-18H2,1-5H3/b28-23-. The van der Waals surface area contributed by atoms with E-state index in [1.54, 1.807) is 34.1 Å². The molecular weight excluding hydrogens is 596 g/mol. The van der Waals surface area contributed by atoms with Crippen LogP contribution in [0.5, 0.6) is 28.7 Å². The third kappa shape index (κ3) is 8.22. The van der Waals surface area contributed by atoms with Gasteiger partial charge in [0.2, 0.25) is 11.7 Å². The smallest absolute Gasteiger partial charge is 0.254 e. The fraction of sp³-hybridized carbons (Fsp3) is 0.371. The maximum atomic E-state index is 13.7. The lowest BCUT2D eigenvalue weighted by Gasteiger charge is -2.34. The molecule has 1 aliphatic heterocycles. The molecule has 9 nitrogen and oxygen atoms in total. The van der Waals surface area contributed by atoms with Gasteiger partial charge in [0.05, 0.1) is 34.5 Å². The summed E-state index contributed by atoms with van der Waals surface area (Å²) in [6, 6.07) is 16.4. The molecule has 0 radical (unpaired) electrons. The van der Waals surface area contributed by atoms with Gasteiger partial charge in [0.1, 0.15) is 0 Å². The Bertz CT molecular complexity index is 1490. The van der Waals surface area contributed by atoms with Gasteiger partial charge in [0, 0.05) is 42.8 Å². The van der Waals surface area contributed by atoms with Gasteiger partial charge in [-0.3, -0.25) is 9.59 Å². The SMILES string of the molecule is CCCOc1ccc(/C(=C\C(=O)N2CCN(C(=O)c3cc(OC)c(OC)c(OC)c3)CC2)c2cccc(Cl)c2)cc1OCCC. The van der Waals surface area contributed by atoms with E-state index in [-0.39, 0.29) is 11.8 Å². The number of hydrogen-bond donors (Lipinski definition) is 0. The first-order valence-corrected chi connectivity index (χ1v) is 15.5. The van der Waals surface area contributed by atoms with Crippen LogP contribution >= 0.6 is 11.6 Å². The summed E-state index contributed by atoms with van der Waals surface area (Å²) >= 11 is 6.37. The minimum atomic E-state index is -0.179. The van der Waals surface area contributed by atoms with Gasteiger partial charge in [-0.25, -0.2) is 0 Å². The number of amides is 2. The first-order valence-electron chi connectivity index (χ1n) is 15.1. The second-order valence-corrected chi connectivity index (χ2v) is 10.9. The van der Waals surface area contributed by atoms with Crippen molar-refractivity contribution >= 4 is 29.0 Å². The second kappa shape index (κ2) is 16.1. The van der Waals surface area contributed by atoms with Crippen molar-refractivity contribution in [1.82, 2.24) is 9.80 Å². The first kappa shape index (κ1) is 33.5. The highest BCUT2D eigenvalue weighted by Crippen LogP contribution is 2.39. The van der Waals surface area contributed by atoms with Crippen molar-refractivity contribution < 1.29 is 33.3 Å². The van der Waals surface area contributed by atoms with Crippen molar-refractivity contribution in [3.05, 3.63) is 82.4 Å². The largest absolute Gasteiger partial charge is 0.493 e. The fourth-order valence-corrected chi connectivity index (χ4v) is 5.24. The molecule has 0 unspecified atom stereocenters. The van der Waals surface area contributed by atoms with Crippen LogP contribution in [0, 0.1) is 0 Å². The molecule has 1 aliphatic rings. The molecule has 240 valence electrons. The zero-order chi connectivity index (χ0) is 32.3. The molecule has 0 spiro atoms. The third-order valence-corrected chi connectivity index (χ3v) is 7.61. The van der Waals surface area contributed by atoms with E-state index in [1.165, 1.54) is 21.3 Å². The van der Waals surface area contributed by atoms with E-state index in [1.807, 2.05) is 43.3 Å².